The second kappa shape index (κ2) is 13.1. The van der Waals surface area contributed by atoms with Gasteiger partial charge in [0.15, 0.2) is 23.1 Å². The van der Waals surface area contributed by atoms with Gasteiger partial charge in [0.25, 0.3) is 20.2 Å². The minimum absolute atomic E-state index is 0.101. The molecule has 18 heteroatoms. The first-order valence-electron chi connectivity index (χ1n) is 15.6. The number of nitrogens with two attached hydrogens (primary N) is 2. The van der Waals surface area contributed by atoms with Crippen LogP contribution >= 0.6 is 0 Å². The zero-order chi connectivity index (χ0) is 38.7. The maximum Gasteiger partial charge on any atom is 0.299 e. The molecule has 0 radical (unpaired) electrons. The first-order valence-corrected chi connectivity index (χ1v) is 18.6. The van der Waals surface area contributed by atoms with Gasteiger partial charge in [0.2, 0.25) is 0 Å². The summed E-state index contributed by atoms with van der Waals surface area (Å²) in [7, 11) is -8.13. The van der Waals surface area contributed by atoms with Crippen LogP contribution in [-0.2, 0) is 30.2 Å². The van der Waals surface area contributed by atoms with Gasteiger partial charge in [-0.3, -0.25) is 18.3 Å². The van der Waals surface area contributed by atoms with Crippen molar-refractivity contribution in [3.8, 4) is 11.5 Å². The number of carbonyl (C=O) groups is 2. The van der Waals surface area contributed by atoms with E-state index in [-0.39, 0.29) is 72.4 Å². The molecule has 16 nitrogen and oxygen atoms in total. The molecule has 0 aliphatic heterocycles. The van der Waals surface area contributed by atoms with Crippen LogP contribution in [0.25, 0.3) is 21.5 Å². The summed E-state index contributed by atoms with van der Waals surface area (Å²) < 4.78 is 63.8. The van der Waals surface area contributed by atoms with E-state index in [1.54, 1.807) is 18.2 Å². The number of ketones is 2. The Kier molecular flexibility index (Phi) is 8.69. The van der Waals surface area contributed by atoms with E-state index in [2.05, 4.69) is 24.6 Å². The van der Waals surface area contributed by atoms with Gasteiger partial charge < -0.3 is 21.7 Å². The van der Waals surface area contributed by atoms with Crippen molar-refractivity contribution in [3.63, 3.8) is 0 Å². The first-order chi connectivity index (χ1) is 25.6. The van der Waals surface area contributed by atoms with Crippen LogP contribution in [0.1, 0.15) is 37.4 Å². The van der Waals surface area contributed by atoms with E-state index < -0.39 is 59.6 Å². The summed E-state index contributed by atoms with van der Waals surface area (Å²) in [6.45, 7) is 0. The quantitative estimate of drug-likeness (QED) is 0.0457. The van der Waals surface area contributed by atoms with E-state index in [9.17, 15) is 41.2 Å². The second-order valence-corrected chi connectivity index (χ2v) is 15.1. The molecule has 0 amide bonds. The van der Waals surface area contributed by atoms with Gasteiger partial charge in [-0.1, -0.05) is 48.5 Å². The SMILES string of the molecule is COS(=O)(=O)c1cc2cccc(N)c2c(O)c1N=Nc1cccc2c1C(=O)c1cccc(N=Nc3c(CS(=O)(=O)O)cc4cccc(N)c4c3O)c1C2=O. The van der Waals surface area contributed by atoms with Gasteiger partial charge in [-0.15, -0.1) is 20.5 Å². The normalized spacial score (nSPS) is 13.3. The Labute approximate surface area is 305 Å². The van der Waals surface area contributed by atoms with Gasteiger partial charge in [0.05, 0.1) is 29.6 Å². The number of phenolic OH excluding ortho intramolecular Hbond substituents is 2. The lowest BCUT2D eigenvalue weighted by Crippen LogP contribution is -2.21. The molecular weight excluding hydrogens is 741 g/mol. The molecule has 0 bridgehead atoms. The van der Waals surface area contributed by atoms with E-state index in [0.29, 0.717) is 5.39 Å². The van der Waals surface area contributed by atoms with Crippen molar-refractivity contribution in [1.82, 2.24) is 0 Å². The number of fused-ring (bicyclic) bond motifs is 4. The van der Waals surface area contributed by atoms with E-state index in [1.807, 2.05) is 0 Å². The highest BCUT2D eigenvalue weighted by Gasteiger charge is 2.34. The summed E-state index contributed by atoms with van der Waals surface area (Å²) in [6, 6.07) is 20.1. The highest BCUT2D eigenvalue weighted by molar-refractivity contribution is 7.87. The molecule has 7 rings (SSSR count). The number of aromatic hydroxyl groups is 2. The summed E-state index contributed by atoms with van der Waals surface area (Å²) in [4.78, 5) is 27.6. The predicted molar refractivity (Wildman–Crippen MR) is 198 cm³/mol. The molecule has 0 spiro atoms. The van der Waals surface area contributed by atoms with Crippen molar-refractivity contribution in [2.45, 2.75) is 10.6 Å². The summed E-state index contributed by atoms with van der Waals surface area (Å²) in [5.74, 6) is -3.44. The fourth-order valence-corrected chi connectivity index (χ4v) is 7.75. The van der Waals surface area contributed by atoms with Crippen LogP contribution < -0.4 is 11.5 Å². The topological polar surface area (TPSA) is 274 Å². The Bertz CT molecular complexity index is 2930. The lowest BCUT2D eigenvalue weighted by molar-refractivity contribution is 0.0980. The largest absolute Gasteiger partial charge is 0.505 e. The Hall–Kier alpha value is -6.60. The van der Waals surface area contributed by atoms with E-state index in [0.717, 1.165) is 7.11 Å². The standard InChI is InChI=1S/C36H26N6O10S2/c1-52-54(50,51)26-15-18-7-3-11-23(38)28(18)36(46)32(26)42-40-25-13-5-9-21-30(25)34(44)20-8-4-12-24(29(20)33(21)43)39-41-31-19(16-53(47,48)49)14-17-6-2-10-22(37)27(17)35(31)45/h2-15,45-46H,16,37-38H2,1H3,(H,47,48,49). The van der Waals surface area contributed by atoms with Crippen molar-refractivity contribution >= 4 is 87.5 Å². The monoisotopic (exact) mass is 766 g/mol. The minimum atomic E-state index is -4.61. The first kappa shape index (κ1) is 35.8. The van der Waals surface area contributed by atoms with Gasteiger partial charge in [-0.2, -0.15) is 16.8 Å². The summed E-state index contributed by atoms with van der Waals surface area (Å²) in [6.07, 6.45) is 0. The number of phenols is 2. The van der Waals surface area contributed by atoms with Crippen LogP contribution in [0.5, 0.6) is 11.5 Å². The fourth-order valence-electron chi connectivity index (χ4n) is 6.31. The minimum Gasteiger partial charge on any atom is -0.505 e. The van der Waals surface area contributed by atoms with Crippen molar-refractivity contribution < 1.29 is 45.4 Å². The number of azo groups is 2. The third kappa shape index (κ3) is 6.07. The average molecular weight is 767 g/mol. The lowest BCUT2D eigenvalue weighted by Gasteiger charge is -2.19. The zero-order valence-electron chi connectivity index (χ0n) is 27.7. The number of hydrogen-bond acceptors (Lipinski definition) is 15. The van der Waals surface area contributed by atoms with Crippen LogP contribution in [0.2, 0.25) is 0 Å². The molecule has 0 heterocycles. The fraction of sp³-hybridized carbons (Fsp3) is 0.0556. The number of nitrogens with zero attached hydrogens (tertiary/aromatic N) is 4. The number of carbonyl (C=O) groups excluding carboxylic acids is 2. The molecule has 1 aliphatic rings. The van der Waals surface area contributed by atoms with Gasteiger partial charge in [0, 0.05) is 38.8 Å². The molecule has 54 heavy (non-hydrogen) atoms. The third-order valence-corrected chi connectivity index (χ3v) is 10.7. The average Bonchev–Trinajstić information content (AvgIpc) is 3.12. The molecule has 0 saturated heterocycles. The number of anilines is 2. The van der Waals surface area contributed by atoms with Gasteiger partial charge in [-0.05, 0) is 47.2 Å². The van der Waals surface area contributed by atoms with Crippen LogP contribution in [-0.4, -0.2) is 50.3 Å². The van der Waals surface area contributed by atoms with Gasteiger partial charge in [-0.25, -0.2) is 0 Å². The summed E-state index contributed by atoms with van der Waals surface area (Å²) in [5, 5.41) is 39.6. The second-order valence-electron chi connectivity index (χ2n) is 12.0. The molecule has 6 aromatic carbocycles. The maximum atomic E-state index is 14.1. The molecule has 0 fully saturated rings. The van der Waals surface area contributed by atoms with Crippen molar-refractivity contribution in [1.29, 1.82) is 0 Å². The molecule has 6 aromatic rings. The van der Waals surface area contributed by atoms with E-state index in [4.69, 9.17) is 11.5 Å². The van der Waals surface area contributed by atoms with Crippen LogP contribution in [0.4, 0.5) is 34.1 Å². The molecular formula is C36H26N6O10S2. The van der Waals surface area contributed by atoms with E-state index in [1.165, 1.54) is 66.7 Å². The lowest BCUT2D eigenvalue weighted by atomic mass is 9.82. The number of nitrogen functional groups attached to an aromatic ring is 2. The summed E-state index contributed by atoms with van der Waals surface area (Å²) >= 11 is 0. The number of hydrogen-bond donors (Lipinski definition) is 5. The van der Waals surface area contributed by atoms with Gasteiger partial charge in [0.1, 0.15) is 22.0 Å². The molecule has 0 saturated carbocycles. The molecule has 0 aromatic heterocycles. The Morgan fingerprint density at radius 3 is 1.61 bits per heavy atom. The zero-order valence-corrected chi connectivity index (χ0v) is 29.4. The van der Waals surface area contributed by atoms with Crippen molar-refractivity contribution in [3.05, 3.63) is 113 Å². The highest BCUT2D eigenvalue weighted by Crippen LogP contribution is 2.46. The Morgan fingerprint density at radius 2 is 1.11 bits per heavy atom. The molecule has 0 unspecified atom stereocenters. The molecule has 0 atom stereocenters. The van der Waals surface area contributed by atoms with Crippen LogP contribution in [0.3, 0.4) is 0 Å². The van der Waals surface area contributed by atoms with Crippen LogP contribution in [0.15, 0.2) is 110 Å². The highest BCUT2D eigenvalue weighted by atomic mass is 32.2. The third-order valence-electron chi connectivity index (χ3n) is 8.70. The Balaban J connectivity index is 1.33. The molecule has 272 valence electrons. The number of rotatable bonds is 8. The summed E-state index contributed by atoms with van der Waals surface area (Å²) in [5.41, 5.74) is 10.6. The van der Waals surface area contributed by atoms with Crippen molar-refractivity contribution in [2.75, 3.05) is 18.6 Å². The van der Waals surface area contributed by atoms with Gasteiger partial charge >= 0.3 is 0 Å². The predicted octanol–water partition coefficient (Wildman–Crippen LogP) is 6.90. The van der Waals surface area contributed by atoms with Crippen molar-refractivity contribution in [2.24, 2.45) is 20.5 Å². The molecule has 1 aliphatic carbocycles. The van der Waals surface area contributed by atoms with E-state index >= 15 is 0 Å². The number of benzene rings is 6. The van der Waals surface area contributed by atoms with Crippen LogP contribution in [0, 0.1) is 0 Å². The smallest absolute Gasteiger partial charge is 0.299 e. The Morgan fingerprint density at radius 1 is 0.648 bits per heavy atom. The maximum absolute atomic E-state index is 14.1. The molecule has 7 N–H and O–H groups in total.